The number of anilines is 1. The van der Waals surface area contributed by atoms with Crippen molar-refractivity contribution in [2.75, 3.05) is 11.9 Å². The maximum absolute atomic E-state index is 11.9. The predicted molar refractivity (Wildman–Crippen MR) is 98.3 cm³/mol. The van der Waals surface area contributed by atoms with Crippen LogP contribution in [0.3, 0.4) is 0 Å². The van der Waals surface area contributed by atoms with E-state index in [1.54, 1.807) is 12.1 Å². The van der Waals surface area contributed by atoms with Crippen LogP contribution in [0.25, 0.3) is 10.6 Å². The van der Waals surface area contributed by atoms with E-state index >= 15 is 0 Å². The van der Waals surface area contributed by atoms with Crippen LogP contribution in [0, 0.1) is 6.92 Å². The average Bonchev–Trinajstić information content (AvgIpc) is 3.03. The van der Waals surface area contributed by atoms with Crippen LogP contribution in [-0.4, -0.2) is 22.7 Å². The maximum Gasteiger partial charge on any atom is 0.264 e. The summed E-state index contributed by atoms with van der Waals surface area (Å²) in [7, 11) is 0. The van der Waals surface area contributed by atoms with Crippen LogP contribution in [0.15, 0.2) is 53.0 Å². The van der Waals surface area contributed by atoms with Gasteiger partial charge in [0.05, 0.1) is 0 Å². The number of carbonyl (C=O) groups is 1. The van der Waals surface area contributed by atoms with Gasteiger partial charge in [-0.3, -0.25) is 10.1 Å². The van der Waals surface area contributed by atoms with E-state index < -0.39 is 0 Å². The molecule has 0 saturated heterocycles. The molecule has 0 saturated carbocycles. The van der Waals surface area contributed by atoms with Gasteiger partial charge in [0.1, 0.15) is 10.8 Å². The van der Waals surface area contributed by atoms with Crippen molar-refractivity contribution in [1.29, 1.82) is 0 Å². The second-order valence-electron chi connectivity index (χ2n) is 5.07. The smallest absolute Gasteiger partial charge is 0.264 e. The number of ether oxygens (including phenoxy) is 1. The number of aromatic nitrogens is 2. The number of aryl methyl sites for hydroxylation is 1. The van der Waals surface area contributed by atoms with Crippen LogP contribution < -0.4 is 10.1 Å². The number of nitrogens with one attached hydrogen (secondary N) is 1. The standard InChI is InChI=1S/C17H14BrN3O2S/c1-11-2-4-12(5-3-11)16-20-21-17(24-16)19-15(22)10-23-14-8-6-13(18)7-9-14/h2-9H,10H2,1H3,(H,19,21,22). The first kappa shape index (κ1) is 16.6. The molecule has 1 aromatic heterocycles. The van der Waals surface area contributed by atoms with E-state index in [-0.39, 0.29) is 12.5 Å². The summed E-state index contributed by atoms with van der Waals surface area (Å²) in [5, 5.41) is 12.0. The zero-order valence-corrected chi connectivity index (χ0v) is 15.2. The molecule has 0 unspecified atom stereocenters. The van der Waals surface area contributed by atoms with Crippen LogP contribution in [0.2, 0.25) is 0 Å². The van der Waals surface area contributed by atoms with Gasteiger partial charge in [-0.1, -0.05) is 57.1 Å². The molecule has 0 atom stereocenters. The summed E-state index contributed by atoms with van der Waals surface area (Å²) >= 11 is 4.67. The van der Waals surface area contributed by atoms with Gasteiger partial charge < -0.3 is 4.74 Å². The summed E-state index contributed by atoms with van der Waals surface area (Å²) in [5.74, 6) is 0.357. The number of nitrogens with zero attached hydrogens (tertiary/aromatic N) is 2. The van der Waals surface area contributed by atoms with Crippen molar-refractivity contribution in [2.45, 2.75) is 6.92 Å². The van der Waals surface area contributed by atoms with Crippen molar-refractivity contribution in [3.8, 4) is 16.3 Å². The van der Waals surface area contributed by atoms with Crippen molar-refractivity contribution in [3.63, 3.8) is 0 Å². The third-order valence-electron chi connectivity index (χ3n) is 3.15. The Morgan fingerprint density at radius 2 is 1.83 bits per heavy atom. The van der Waals surface area contributed by atoms with Crippen molar-refractivity contribution in [1.82, 2.24) is 10.2 Å². The van der Waals surface area contributed by atoms with Crippen molar-refractivity contribution < 1.29 is 9.53 Å². The van der Waals surface area contributed by atoms with Gasteiger partial charge in [0.25, 0.3) is 5.91 Å². The molecule has 1 heterocycles. The largest absolute Gasteiger partial charge is 0.484 e. The highest BCUT2D eigenvalue weighted by atomic mass is 79.9. The lowest BCUT2D eigenvalue weighted by Crippen LogP contribution is -2.20. The fraction of sp³-hybridized carbons (Fsp3) is 0.118. The molecule has 0 aliphatic rings. The minimum Gasteiger partial charge on any atom is -0.484 e. The Labute approximate surface area is 151 Å². The molecule has 1 N–H and O–H groups in total. The van der Waals surface area contributed by atoms with Crippen LogP contribution in [0.1, 0.15) is 5.56 Å². The van der Waals surface area contributed by atoms with E-state index in [0.717, 1.165) is 15.0 Å². The van der Waals surface area contributed by atoms with Gasteiger partial charge in [-0.2, -0.15) is 0 Å². The Morgan fingerprint density at radius 1 is 1.12 bits per heavy atom. The van der Waals surface area contributed by atoms with E-state index in [2.05, 4.69) is 31.4 Å². The van der Waals surface area contributed by atoms with Crippen molar-refractivity contribution in [2.24, 2.45) is 0 Å². The highest BCUT2D eigenvalue weighted by Gasteiger charge is 2.10. The van der Waals surface area contributed by atoms with Gasteiger partial charge in [0.2, 0.25) is 5.13 Å². The summed E-state index contributed by atoms with van der Waals surface area (Å²) in [6, 6.07) is 15.3. The lowest BCUT2D eigenvalue weighted by molar-refractivity contribution is -0.118. The number of hydrogen-bond acceptors (Lipinski definition) is 5. The molecule has 3 aromatic rings. The lowest BCUT2D eigenvalue weighted by Gasteiger charge is -2.05. The molecule has 0 spiro atoms. The molecular weight excluding hydrogens is 390 g/mol. The van der Waals surface area contributed by atoms with Gasteiger partial charge in [0.15, 0.2) is 6.61 Å². The van der Waals surface area contributed by atoms with Gasteiger partial charge in [-0.25, -0.2) is 0 Å². The summed E-state index contributed by atoms with van der Waals surface area (Å²) < 4.78 is 6.38. The second-order valence-corrected chi connectivity index (χ2v) is 6.96. The number of hydrogen-bond donors (Lipinski definition) is 1. The van der Waals surface area contributed by atoms with E-state index in [0.29, 0.717) is 10.9 Å². The van der Waals surface area contributed by atoms with E-state index in [9.17, 15) is 4.79 Å². The monoisotopic (exact) mass is 403 g/mol. The normalized spacial score (nSPS) is 10.4. The van der Waals surface area contributed by atoms with Crippen LogP contribution in [-0.2, 0) is 4.79 Å². The molecule has 0 fully saturated rings. The molecule has 24 heavy (non-hydrogen) atoms. The lowest BCUT2D eigenvalue weighted by atomic mass is 10.2. The first-order chi connectivity index (χ1) is 11.6. The number of rotatable bonds is 5. The first-order valence-corrected chi connectivity index (χ1v) is 8.80. The summed E-state index contributed by atoms with van der Waals surface area (Å²) in [4.78, 5) is 11.9. The molecule has 2 aromatic carbocycles. The highest BCUT2D eigenvalue weighted by molar-refractivity contribution is 9.10. The molecule has 0 radical (unpaired) electrons. The zero-order chi connectivity index (χ0) is 16.9. The fourth-order valence-electron chi connectivity index (χ4n) is 1.92. The number of carbonyl (C=O) groups excluding carboxylic acids is 1. The molecule has 122 valence electrons. The zero-order valence-electron chi connectivity index (χ0n) is 12.8. The number of benzene rings is 2. The second kappa shape index (κ2) is 7.55. The molecular formula is C17H14BrN3O2S. The minimum atomic E-state index is -0.274. The van der Waals surface area contributed by atoms with E-state index in [1.807, 2.05) is 43.3 Å². The number of amides is 1. The van der Waals surface area contributed by atoms with Gasteiger partial charge in [-0.15, -0.1) is 10.2 Å². The third kappa shape index (κ3) is 4.39. The Bertz CT molecular complexity index is 832. The molecule has 1 amide bonds. The molecule has 0 bridgehead atoms. The maximum atomic E-state index is 11.9. The number of halogens is 1. The Morgan fingerprint density at radius 3 is 2.54 bits per heavy atom. The molecule has 5 nitrogen and oxygen atoms in total. The minimum absolute atomic E-state index is 0.0823. The first-order valence-electron chi connectivity index (χ1n) is 7.19. The van der Waals surface area contributed by atoms with Crippen molar-refractivity contribution >= 4 is 38.3 Å². The highest BCUT2D eigenvalue weighted by Crippen LogP contribution is 2.26. The third-order valence-corrected chi connectivity index (χ3v) is 4.57. The summed E-state index contributed by atoms with van der Waals surface area (Å²) in [6.45, 7) is 1.95. The molecule has 3 rings (SSSR count). The molecule has 0 aliphatic heterocycles. The van der Waals surface area contributed by atoms with Crippen molar-refractivity contribution in [3.05, 3.63) is 58.6 Å². The van der Waals surface area contributed by atoms with Crippen LogP contribution >= 0.6 is 27.3 Å². The predicted octanol–water partition coefficient (Wildman–Crippen LogP) is 4.29. The van der Waals surface area contributed by atoms with Crippen LogP contribution in [0.5, 0.6) is 5.75 Å². The quantitative estimate of drug-likeness (QED) is 0.689. The fourth-order valence-corrected chi connectivity index (χ4v) is 2.95. The summed E-state index contributed by atoms with van der Waals surface area (Å²) in [6.07, 6.45) is 0. The van der Waals surface area contributed by atoms with Gasteiger partial charge >= 0.3 is 0 Å². The molecule has 7 heteroatoms. The SMILES string of the molecule is Cc1ccc(-c2nnc(NC(=O)COc3ccc(Br)cc3)s2)cc1. The average molecular weight is 404 g/mol. The molecule has 0 aliphatic carbocycles. The van der Waals surface area contributed by atoms with E-state index in [1.165, 1.54) is 16.9 Å². The van der Waals surface area contributed by atoms with Gasteiger partial charge in [0, 0.05) is 10.0 Å². The van der Waals surface area contributed by atoms with Gasteiger partial charge in [-0.05, 0) is 31.2 Å². The van der Waals surface area contributed by atoms with Crippen LogP contribution in [0.4, 0.5) is 5.13 Å². The Balaban J connectivity index is 1.57. The Hall–Kier alpha value is -2.25. The van der Waals surface area contributed by atoms with E-state index in [4.69, 9.17) is 4.74 Å². The topological polar surface area (TPSA) is 64.1 Å². The Kier molecular flexibility index (Phi) is 5.22. The summed E-state index contributed by atoms with van der Waals surface area (Å²) in [5.41, 5.74) is 2.16.